The number of methoxy groups -OCH3 is 1. The summed E-state index contributed by atoms with van der Waals surface area (Å²) in [6.45, 7) is 5.04. The second-order valence-electron chi connectivity index (χ2n) is 9.46. The maximum atomic E-state index is 14.5. The molecule has 37 heavy (non-hydrogen) atoms. The summed E-state index contributed by atoms with van der Waals surface area (Å²) in [6, 6.07) is 8.81. The van der Waals surface area contributed by atoms with E-state index in [2.05, 4.69) is 20.2 Å². The quantitative estimate of drug-likeness (QED) is 0.461. The number of carbonyl (C=O) groups is 1. The molecular weight excluding hydrogens is 497 g/mol. The van der Waals surface area contributed by atoms with E-state index in [0.29, 0.717) is 40.8 Å². The Morgan fingerprint density at radius 2 is 1.95 bits per heavy atom. The maximum Gasteiger partial charge on any atom is 0.236 e. The molecule has 0 spiro atoms. The molecule has 1 saturated carbocycles. The second kappa shape index (κ2) is 11.1. The molecular formula is C27H31ClFN5O3. The number of nitrogens with zero attached hydrogens (tertiary/aromatic N) is 4. The Morgan fingerprint density at radius 3 is 2.68 bits per heavy atom. The highest BCUT2D eigenvalue weighted by molar-refractivity contribution is 6.31. The number of hydrogen-bond donors (Lipinski definition) is 1. The number of likely N-dealkylation sites (N-methyl/N-ethyl adjacent to an activating group) is 1. The van der Waals surface area contributed by atoms with Crippen molar-refractivity contribution in [2.75, 3.05) is 38.6 Å². The minimum atomic E-state index is -0.546. The average Bonchev–Trinajstić information content (AvgIpc) is 2.91. The first kappa shape index (κ1) is 25.5. The zero-order valence-corrected chi connectivity index (χ0v) is 21.8. The third kappa shape index (κ3) is 5.43. The Bertz CT molecular complexity index is 1280. The van der Waals surface area contributed by atoms with Crippen molar-refractivity contribution in [3.63, 3.8) is 0 Å². The van der Waals surface area contributed by atoms with Crippen molar-refractivity contribution in [2.24, 2.45) is 0 Å². The highest BCUT2D eigenvalue weighted by Gasteiger charge is 2.32. The number of piperazine rings is 1. The van der Waals surface area contributed by atoms with Gasteiger partial charge < -0.3 is 19.7 Å². The number of hydrogen-bond acceptors (Lipinski definition) is 7. The van der Waals surface area contributed by atoms with Crippen molar-refractivity contribution in [1.29, 1.82) is 0 Å². The van der Waals surface area contributed by atoms with E-state index in [0.717, 1.165) is 45.3 Å². The summed E-state index contributed by atoms with van der Waals surface area (Å²) in [4.78, 5) is 25.3. The number of rotatable bonds is 7. The van der Waals surface area contributed by atoms with E-state index in [1.807, 2.05) is 17.9 Å². The van der Waals surface area contributed by atoms with Crippen molar-refractivity contribution in [3.05, 3.63) is 47.5 Å². The molecule has 2 fully saturated rings. The highest BCUT2D eigenvalue weighted by atomic mass is 35.5. The van der Waals surface area contributed by atoms with Crippen molar-refractivity contribution in [3.8, 4) is 11.5 Å². The van der Waals surface area contributed by atoms with Crippen LogP contribution in [-0.4, -0.2) is 71.1 Å². The Labute approximate surface area is 220 Å². The van der Waals surface area contributed by atoms with Crippen LogP contribution < -0.4 is 14.8 Å². The van der Waals surface area contributed by atoms with Gasteiger partial charge in [-0.3, -0.25) is 9.69 Å². The summed E-state index contributed by atoms with van der Waals surface area (Å²) in [6.07, 6.45) is 5.17. The summed E-state index contributed by atoms with van der Waals surface area (Å²) in [5.74, 6) is 1.29. The van der Waals surface area contributed by atoms with Gasteiger partial charge in [-0.1, -0.05) is 17.7 Å². The van der Waals surface area contributed by atoms with Crippen molar-refractivity contribution >= 4 is 39.9 Å². The van der Waals surface area contributed by atoms with Gasteiger partial charge in [-0.2, -0.15) is 0 Å². The SMILES string of the molecule is CCN1CCN([C@H]2CC[C@@H](Oc3cc4c(Nc5cccc(Cl)c5F)ncnc4cc3OC)CC2)CC1=O. The van der Waals surface area contributed by atoms with Gasteiger partial charge in [0.25, 0.3) is 0 Å². The van der Waals surface area contributed by atoms with Gasteiger partial charge in [0.15, 0.2) is 17.3 Å². The molecule has 2 aliphatic rings. The number of anilines is 2. The first-order valence-electron chi connectivity index (χ1n) is 12.7. The number of halogens is 2. The van der Waals surface area contributed by atoms with E-state index in [1.54, 1.807) is 25.3 Å². The van der Waals surface area contributed by atoms with Gasteiger partial charge in [-0.15, -0.1) is 0 Å². The molecule has 3 aromatic rings. The highest BCUT2D eigenvalue weighted by Crippen LogP contribution is 2.37. The Balaban J connectivity index is 1.31. The van der Waals surface area contributed by atoms with Gasteiger partial charge >= 0.3 is 0 Å². The fourth-order valence-electron chi connectivity index (χ4n) is 5.22. The number of nitrogens with one attached hydrogen (secondary N) is 1. The average molecular weight is 528 g/mol. The van der Waals surface area contributed by atoms with E-state index in [1.165, 1.54) is 12.4 Å². The molecule has 2 aromatic carbocycles. The Hall–Kier alpha value is -3.17. The molecule has 0 unspecified atom stereocenters. The molecule has 196 valence electrons. The van der Waals surface area contributed by atoms with Crippen molar-refractivity contribution in [1.82, 2.24) is 19.8 Å². The van der Waals surface area contributed by atoms with Gasteiger partial charge in [0, 0.05) is 37.1 Å². The van der Waals surface area contributed by atoms with E-state index < -0.39 is 5.82 Å². The van der Waals surface area contributed by atoms with Crippen LogP contribution in [0.1, 0.15) is 32.6 Å². The smallest absolute Gasteiger partial charge is 0.236 e. The number of amides is 1. The van der Waals surface area contributed by atoms with Crippen LogP contribution in [0.5, 0.6) is 11.5 Å². The van der Waals surface area contributed by atoms with E-state index in [9.17, 15) is 9.18 Å². The van der Waals surface area contributed by atoms with Crippen LogP contribution in [0.4, 0.5) is 15.9 Å². The molecule has 1 aliphatic heterocycles. The third-order valence-corrected chi connectivity index (χ3v) is 7.60. The Morgan fingerprint density at radius 1 is 1.14 bits per heavy atom. The molecule has 1 N–H and O–H groups in total. The lowest BCUT2D eigenvalue weighted by atomic mass is 9.91. The fourth-order valence-corrected chi connectivity index (χ4v) is 5.40. The number of ether oxygens (including phenoxy) is 2. The first-order valence-corrected chi connectivity index (χ1v) is 13.1. The standard InChI is InChI=1S/C27H31ClFN5O3/c1-3-33-11-12-34(15-25(33)35)17-7-9-18(10-8-17)37-24-13-19-22(14-23(24)36-2)30-16-31-27(19)32-21-6-4-5-20(28)26(21)29/h4-6,13-14,16-18H,3,7-12,15H2,1-2H3,(H,30,31,32)/t17-,18+. The monoisotopic (exact) mass is 527 g/mol. The molecule has 2 heterocycles. The molecule has 5 rings (SSSR count). The van der Waals surface area contributed by atoms with Crippen molar-refractivity contribution in [2.45, 2.75) is 44.8 Å². The lowest BCUT2D eigenvalue weighted by Crippen LogP contribution is -2.54. The van der Waals surface area contributed by atoms with Gasteiger partial charge in [0.1, 0.15) is 12.1 Å². The van der Waals surface area contributed by atoms with Crippen LogP contribution in [0.2, 0.25) is 5.02 Å². The summed E-state index contributed by atoms with van der Waals surface area (Å²) in [5.41, 5.74) is 0.867. The van der Waals surface area contributed by atoms with Gasteiger partial charge in [0.2, 0.25) is 5.91 Å². The van der Waals surface area contributed by atoms with Crippen LogP contribution >= 0.6 is 11.6 Å². The minimum absolute atomic E-state index is 0.0289. The van der Waals surface area contributed by atoms with Crippen LogP contribution in [0.15, 0.2) is 36.7 Å². The summed E-state index contributed by atoms with van der Waals surface area (Å²) in [7, 11) is 1.60. The predicted molar refractivity (Wildman–Crippen MR) is 141 cm³/mol. The number of aromatic nitrogens is 2. The normalized spacial score (nSPS) is 20.8. The van der Waals surface area contributed by atoms with Gasteiger partial charge in [-0.25, -0.2) is 14.4 Å². The van der Waals surface area contributed by atoms with E-state index >= 15 is 0 Å². The summed E-state index contributed by atoms with van der Waals surface area (Å²) < 4.78 is 26.5. The van der Waals surface area contributed by atoms with E-state index in [4.69, 9.17) is 21.1 Å². The minimum Gasteiger partial charge on any atom is -0.493 e. The molecule has 10 heteroatoms. The van der Waals surface area contributed by atoms with Gasteiger partial charge in [-0.05, 0) is 50.8 Å². The molecule has 8 nitrogen and oxygen atoms in total. The lowest BCUT2D eigenvalue weighted by Gasteiger charge is -2.41. The van der Waals surface area contributed by atoms with E-state index in [-0.39, 0.29) is 22.7 Å². The van der Waals surface area contributed by atoms with Crippen molar-refractivity contribution < 1.29 is 18.7 Å². The molecule has 0 bridgehead atoms. The molecule has 1 aliphatic carbocycles. The predicted octanol–water partition coefficient (Wildman–Crippen LogP) is 5.03. The van der Waals surface area contributed by atoms with Gasteiger partial charge in [0.05, 0.1) is 36.0 Å². The zero-order chi connectivity index (χ0) is 25.9. The van der Waals surface area contributed by atoms with Crippen LogP contribution in [-0.2, 0) is 4.79 Å². The number of carbonyl (C=O) groups excluding carboxylic acids is 1. The summed E-state index contributed by atoms with van der Waals surface area (Å²) >= 11 is 5.95. The molecule has 1 aromatic heterocycles. The number of fused-ring (bicyclic) bond motifs is 1. The molecule has 0 radical (unpaired) electrons. The molecule has 1 saturated heterocycles. The van der Waals surface area contributed by atoms with Crippen LogP contribution in [0.25, 0.3) is 10.9 Å². The topological polar surface area (TPSA) is 79.8 Å². The fraction of sp³-hybridized carbons (Fsp3) is 0.444. The first-order chi connectivity index (χ1) is 18.0. The summed E-state index contributed by atoms with van der Waals surface area (Å²) in [5, 5.41) is 3.74. The van der Waals surface area contributed by atoms with Crippen LogP contribution in [0.3, 0.4) is 0 Å². The molecule has 1 amide bonds. The zero-order valence-electron chi connectivity index (χ0n) is 21.0. The second-order valence-corrected chi connectivity index (χ2v) is 9.87. The third-order valence-electron chi connectivity index (χ3n) is 7.31. The Kier molecular flexibility index (Phi) is 7.62. The molecule has 0 atom stereocenters. The number of benzene rings is 2. The lowest BCUT2D eigenvalue weighted by molar-refractivity contribution is -0.137. The van der Waals surface area contributed by atoms with Crippen LogP contribution in [0, 0.1) is 5.82 Å². The largest absolute Gasteiger partial charge is 0.493 e. The maximum absolute atomic E-state index is 14.5.